The fourth-order valence-corrected chi connectivity index (χ4v) is 4.16. The van der Waals surface area contributed by atoms with E-state index in [1.165, 1.54) is 17.5 Å². The first-order valence-corrected chi connectivity index (χ1v) is 10.1. The van der Waals surface area contributed by atoms with Crippen molar-refractivity contribution in [2.75, 3.05) is 13.2 Å². The molecule has 0 aromatic heterocycles. The lowest BCUT2D eigenvalue weighted by Crippen LogP contribution is -2.57. The first kappa shape index (κ1) is 19.4. The highest BCUT2D eigenvalue weighted by molar-refractivity contribution is 5.95. The van der Waals surface area contributed by atoms with Crippen molar-refractivity contribution in [1.82, 2.24) is 5.32 Å². The molecule has 1 aromatic rings. The molecule has 0 bridgehead atoms. The van der Waals surface area contributed by atoms with Crippen molar-refractivity contribution in [2.24, 2.45) is 5.41 Å². The van der Waals surface area contributed by atoms with E-state index in [2.05, 4.69) is 65.1 Å². The number of rotatable bonds is 2. The summed E-state index contributed by atoms with van der Waals surface area (Å²) in [7, 11) is 0. The number of carbonyl (C=O) groups excluding carboxylic acids is 1. The van der Waals surface area contributed by atoms with Gasteiger partial charge in [-0.25, -0.2) is 0 Å². The van der Waals surface area contributed by atoms with Crippen molar-refractivity contribution < 1.29 is 9.53 Å². The molecule has 1 N–H and O–H groups in total. The van der Waals surface area contributed by atoms with Crippen molar-refractivity contribution in [3.63, 3.8) is 0 Å². The first-order valence-electron chi connectivity index (χ1n) is 10.1. The summed E-state index contributed by atoms with van der Waals surface area (Å²) in [6.07, 6.45) is 4.47. The van der Waals surface area contributed by atoms with E-state index in [9.17, 15) is 4.79 Å². The molecular weight excluding hydrogens is 322 g/mol. The van der Waals surface area contributed by atoms with Crippen molar-refractivity contribution in [1.29, 1.82) is 0 Å². The molecule has 1 unspecified atom stereocenters. The Labute approximate surface area is 158 Å². The van der Waals surface area contributed by atoms with Crippen LogP contribution in [0.15, 0.2) is 18.2 Å². The number of carbonyl (C=O) groups is 1. The SMILES string of the molecule is CC(C)(C)c1cc(C(=O)NC2CCC23CCOCC3)cc(C(C)(C)C)c1. The molecule has 2 fully saturated rings. The second kappa shape index (κ2) is 6.67. The summed E-state index contributed by atoms with van der Waals surface area (Å²) in [5, 5.41) is 3.36. The summed E-state index contributed by atoms with van der Waals surface area (Å²) in [5.41, 5.74) is 3.58. The molecule has 1 heterocycles. The Balaban J connectivity index is 1.84. The van der Waals surface area contributed by atoms with Gasteiger partial charge in [-0.15, -0.1) is 0 Å². The smallest absolute Gasteiger partial charge is 0.251 e. The van der Waals surface area contributed by atoms with E-state index >= 15 is 0 Å². The Hall–Kier alpha value is -1.35. The Kier molecular flexibility index (Phi) is 4.98. The molecule has 1 saturated heterocycles. The van der Waals surface area contributed by atoms with E-state index in [1.807, 2.05) is 0 Å². The first-order chi connectivity index (χ1) is 12.0. The van der Waals surface area contributed by atoms with E-state index in [0.717, 1.165) is 38.0 Å². The molecule has 1 spiro atoms. The average molecular weight is 358 g/mol. The Morgan fingerprint density at radius 1 is 0.962 bits per heavy atom. The Bertz CT molecular complexity index is 640. The number of benzene rings is 1. The lowest BCUT2D eigenvalue weighted by Gasteiger charge is -2.52. The highest BCUT2D eigenvalue weighted by atomic mass is 16.5. The summed E-state index contributed by atoms with van der Waals surface area (Å²) >= 11 is 0. The quantitative estimate of drug-likeness (QED) is 0.811. The molecule has 144 valence electrons. The second-order valence-corrected chi connectivity index (χ2v) is 10.3. The molecular formula is C23H35NO2. The minimum absolute atomic E-state index is 0.0225. The van der Waals surface area contributed by atoms with Crippen LogP contribution in [0.25, 0.3) is 0 Å². The monoisotopic (exact) mass is 357 g/mol. The van der Waals surface area contributed by atoms with Crippen LogP contribution < -0.4 is 5.32 Å². The van der Waals surface area contributed by atoms with Gasteiger partial charge in [0.1, 0.15) is 0 Å². The molecule has 0 radical (unpaired) electrons. The van der Waals surface area contributed by atoms with Gasteiger partial charge >= 0.3 is 0 Å². The zero-order chi connectivity index (χ0) is 19.2. The molecule has 2 aliphatic rings. The fourth-order valence-electron chi connectivity index (χ4n) is 4.16. The third kappa shape index (κ3) is 3.83. The summed E-state index contributed by atoms with van der Waals surface area (Å²) in [6.45, 7) is 14.9. The number of amides is 1. The van der Waals surface area contributed by atoms with Crippen molar-refractivity contribution in [3.05, 3.63) is 34.9 Å². The van der Waals surface area contributed by atoms with E-state index in [0.29, 0.717) is 6.04 Å². The largest absolute Gasteiger partial charge is 0.381 e. The van der Waals surface area contributed by atoms with Crippen molar-refractivity contribution >= 4 is 5.91 Å². The van der Waals surface area contributed by atoms with Gasteiger partial charge in [0.15, 0.2) is 0 Å². The van der Waals surface area contributed by atoms with Gasteiger partial charge in [-0.2, -0.15) is 0 Å². The van der Waals surface area contributed by atoms with Crippen LogP contribution in [0.5, 0.6) is 0 Å². The van der Waals surface area contributed by atoms with Crippen LogP contribution >= 0.6 is 0 Å². The van der Waals surface area contributed by atoms with Gasteiger partial charge in [0, 0.05) is 24.8 Å². The summed E-state index contributed by atoms with van der Waals surface area (Å²) < 4.78 is 5.53. The second-order valence-electron chi connectivity index (χ2n) is 10.3. The van der Waals surface area contributed by atoms with E-state index in [1.54, 1.807) is 0 Å². The molecule has 3 rings (SSSR count). The lowest BCUT2D eigenvalue weighted by atomic mass is 9.60. The topological polar surface area (TPSA) is 38.3 Å². The summed E-state index contributed by atoms with van der Waals surface area (Å²) in [6, 6.07) is 6.73. The van der Waals surface area contributed by atoms with Gasteiger partial charge in [-0.1, -0.05) is 47.6 Å². The minimum Gasteiger partial charge on any atom is -0.381 e. The summed E-state index contributed by atoms with van der Waals surface area (Å²) in [5.74, 6) is 0.0807. The molecule has 1 aromatic carbocycles. The average Bonchev–Trinajstić information content (AvgIpc) is 2.57. The van der Waals surface area contributed by atoms with Gasteiger partial charge in [0.2, 0.25) is 0 Å². The van der Waals surface area contributed by atoms with Gasteiger partial charge in [-0.05, 0) is 65.2 Å². The van der Waals surface area contributed by atoms with Gasteiger partial charge in [0.05, 0.1) is 0 Å². The Morgan fingerprint density at radius 3 is 1.92 bits per heavy atom. The van der Waals surface area contributed by atoms with Crippen LogP contribution in [0.4, 0.5) is 0 Å². The third-order valence-electron chi connectivity index (χ3n) is 6.39. The van der Waals surface area contributed by atoms with Gasteiger partial charge in [-0.3, -0.25) is 4.79 Å². The highest BCUT2D eigenvalue weighted by Crippen LogP contribution is 2.48. The maximum absolute atomic E-state index is 13.1. The van der Waals surface area contributed by atoms with Crippen LogP contribution in [0, 0.1) is 5.41 Å². The molecule has 1 saturated carbocycles. The standard InChI is InChI=1S/C23H35NO2/c1-21(2,3)17-13-16(14-18(15-17)22(4,5)6)20(25)24-19-7-8-23(19)9-11-26-12-10-23/h13-15,19H,7-12H2,1-6H3,(H,24,25). The maximum atomic E-state index is 13.1. The van der Waals surface area contributed by atoms with Crippen LogP contribution in [0.1, 0.15) is 88.7 Å². The van der Waals surface area contributed by atoms with Gasteiger partial charge in [0.25, 0.3) is 5.91 Å². The van der Waals surface area contributed by atoms with E-state index in [-0.39, 0.29) is 22.2 Å². The normalized spacial score (nSPS) is 22.8. The molecule has 1 amide bonds. The molecule has 3 heteroatoms. The number of ether oxygens (including phenoxy) is 1. The van der Waals surface area contributed by atoms with Crippen LogP contribution in [-0.4, -0.2) is 25.2 Å². The fraction of sp³-hybridized carbons (Fsp3) is 0.696. The predicted octanol–water partition coefficient (Wildman–Crippen LogP) is 4.97. The Morgan fingerprint density at radius 2 is 1.50 bits per heavy atom. The molecule has 3 nitrogen and oxygen atoms in total. The third-order valence-corrected chi connectivity index (χ3v) is 6.39. The number of nitrogens with one attached hydrogen (secondary N) is 1. The van der Waals surface area contributed by atoms with Gasteiger partial charge < -0.3 is 10.1 Å². The predicted molar refractivity (Wildman–Crippen MR) is 107 cm³/mol. The number of hydrogen-bond acceptors (Lipinski definition) is 2. The zero-order valence-electron chi connectivity index (χ0n) is 17.4. The maximum Gasteiger partial charge on any atom is 0.251 e. The van der Waals surface area contributed by atoms with E-state index < -0.39 is 0 Å². The lowest BCUT2D eigenvalue weighted by molar-refractivity contribution is -0.0523. The van der Waals surface area contributed by atoms with Crippen LogP contribution in [0.3, 0.4) is 0 Å². The van der Waals surface area contributed by atoms with Crippen molar-refractivity contribution in [3.8, 4) is 0 Å². The zero-order valence-corrected chi connectivity index (χ0v) is 17.4. The molecule has 1 aliphatic heterocycles. The van der Waals surface area contributed by atoms with E-state index in [4.69, 9.17) is 4.74 Å². The molecule has 26 heavy (non-hydrogen) atoms. The molecule has 1 atom stereocenters. The van der Waals surface area contributed by atoms with Crippen molar-refractivity contribution in [2.45, 2.75) is 84.1 Å². The minimum atomic E-state index is 0.0225. The number of hydrogen-bond donors (Lipinski definition) is 1. The molecule has 1 aliphatic carbocycles. The highest BCUT2D eigenvalue weighted by Gasteiger charge is 2.48. The van der Waals surface area contributed by atoms with Crippen LogP contribution in [0.2, 0.25) is 0 Å². The summed E-state index contributed by atoms with van der Waals surface area (Å²) in [4.78, 5) is 13.1. The van der Waals surface area contributed by atoms with Crippen LogP contribution in [-0.2, 0) is 15.6 Å².